The number of fused-ring (bicyclic) bond motifs is 1. The lowest BCUT2D eigenvalue weighted by Gasteiger charge is -2.37. The number of anilines is 3. The van der Waals surface area contributed by atoms with Gasteiger partial charge in [0.2, 0.25) is 15.8 Å². The molecule has 11 nitrogen and oxygen atoms in total. The minimum Gasteiger partial charge on any atom is -0.366 e. The van der Waals surface area contributed by atoms with Gasteiger partial charge in [-0.1, -0.05) is 38.6 Å². The lowest BCUT2D eigenvalue weighted by molar-refractivity contribution is 0.404. The molecule has 13 heteroatoms. The number of halogens is 1. The highest BCUT2D eigenvalue weighted by atomic mass is 32.2. The summed E-state index contributed by atoms with van der Waals surface area (Å²) >= 11 is 0. The van der Waals surface area contributed by atoms with E-state index in [9.17, 15) is 13.2 Å². The second kappa shape index (κ2) is 13.2. The number of pyridine rings is 1. The number of aromatic nitrogens is 5. The fourth-order valence-corrected chi connectivity index (χ4v) is 7.41. The highest BCUT2D eigenvalue weighted by molar-refractivity contribution is 7.91. The van der Waals surface area contributed by atoms with E-state index in [1.54, 1.807) is 42.6 Å². The Morgan fingerprint density at radius 2 is 1.75 bits per heavy atom. The third-order valence-electron chi connectivity index (χ3n) is 8.42. The number of hydrogen-bond acceptors (Lipinski definition) is 10. The Kier molecular flexibility index (Phi) is 9.08. The largest absolute Gasteiger partial charge is 0.366 e. The quantitative estimate of drug-likeness (QED) is 0.216. The zero-order valence-electron chi connectivity index (χ0n) is 27.2. The summed E-state index contributed by atoms with van der Waals surface area (Å²) in [7, 11) is -3.99. The van der Waals surface area contributed by atoms with Crippen molar-refractivity contribution >= 4 is 43.8 Å². The van der Waals surface area contributed by atoms with Gasteiger partial charge in [-0.15, -0.1) is 0 Å². The van der Waals surface area contributed by atoms with Gasteiger partial charge in [0.25, 0.3) is 5.56 Å². The van der Waals surface area contributed by atoms with Crippen molar-refractivity contribution in [1.82, 2.24) is 30.0 Å². The van der Waals surface area contributed by atoms with Gasteiger partial charge in [0, 0.05) is 53.6 Å². The van der Waals surface area contributed by atoms with Gasteiger partial charge in [-0.25, -0.2) is 17.8 Å². The summed E-state index contributed by atoms with van der Waals surface area (Å²) in [6.45, 7) is 13.4. The van der Waals surface area contributed by atoms with E-state index < -0.39 is 15.4 Å². The standard InChI is InChI=1S/C35H37FN8O3S/c1-21(2)24(5)29-13-25-15-37-35(41-27-11-12-31(30(36)14-27)43-18-22(3)40-23(4)19-43)42-33(25)44(34(29)45)20-26-16-38-39-17-32(26)48(46,47)28-9-7-6-8-10-28/h6-17,21-23,40H,5,18-20H2,1-4H3,(H,37,41,42)/t22-,23+. The fraction of sp³-hybridized carbons (Fsp3) is 0.286. The molecule has 1 aliphatic rings. The lowest BCUT2D eigenvalue weighted by atomic mass is 9.97. The Hall–Kier alpha value is -5.01. The van der Waals surface area contributed by atoms with Crippen molar-refractivity contribution in [1.29, 1.82) is 0 Å². The molecule has 1 aliphatic heterocycles. The van der Waals surface area contributed by atoms with Gasteiger partial charge in [0.15, 0.2) is 0 Å². The first kappa shape index (κ1) is 32.9. The predicted octanol–water partition coefficient (Wildman–Crippen LogP) is 5.20. The SMILES string of the molecule is C=C(c1cc2cnc(Nc3ccc(N4C[C@@H](C)N[C@@H](C)C4)c(F)c3)nc2n(Cc2cnncc2S(=O)(=O)c2ccccc2)c1=O)C(C)C. The predicted molar refractivity (Wildman–Crippen MR) is 185 cm³/mol. The highest BCUT2D eigenvalue weighted by Crippen LogP contribution is 2.28. The molecule has 0 unspecified atom stereocenters. The van der Waals surface area contributed by atoms with Crippen molar-refractivity contribution in [2.45, 2.75) is 56.1 Å². The molecule has 2 aromatic carbocycles. The van der Waals surface area contributed by atoms with Crippen molar-refractivity contribution in [2.24, 2.45) is 5.92 Å². The number of nitrogens with one attached hydrogen (secondary N) is 2. The molecule has 0 saturated carbocycles. The summed E-state index contributed by atoms with van der Waals surface area (Å²) in [4.78, 5) is 25.3. The third-order valence-corrected chi connectivity index (χ3v) is 10.3. The van der Waals surface area contributed by atoms with Crippen LogP contribution in [0.4, 0.5) is 21.7 Å². The second-order valence-electron chi connectivity index (χ2n) is 12.5. The average Bonchev–Trinajstić information content (AvgIpc) is 3.06. The Morgan fingerprint density at radius 3 is 2.44 bits per heavy atom. The summed E-state index contributed by atoms with van der Waals surface area (Å²) in [5, 5.41) is 14.8. The summed E-state index contributed by atoms with van der Waals surface area (Å²) in [6.07, 6.45) is 4.09. The number of sulfone groups is 1. The van der Waals surface area contributed by atoms with Crippen molar-refractivity contribution in [3.63, 3.8) is 0 Å². The van der Waals surface area contributed by atoms with Crippen LogP contribution >= 0.6 is 0 Å². The minimum atomic E-state index is -3.99. The van der Waals surface area contributed by atoms with Gasteiger partial charge in [-0.2, -0.15) is 15.2 Å². The van der Waals surface area contributed by atoms with E-state index in [1.807, 2.05) is 18.7 Å². The molecule has 48 heavy (non-hydrogen) atoms. The van der Waals surface area contributed by atoms with Crippen LogP contribution in [0.15, 0.2) is 94.4 Å². The molecule has 2 atom stereocenters. The third kappa shape index (κ3) is 6.56. The monoisotopic (exact) mass is 668 g/mol. The van der Waals surface area contributed by atoms with E-state index >= 15 is 4.39 Å². The Morgan fingerprint density at radius 1 is 1.04 bits per heavy atom. The van der Waals surface area contributed by atoms with E-state index in [-0.39, 0.29) is 57.3 Å². The normalized spacial score (nSPS) is 16.8. The number of hydrogen-bond donors (Lipinski definition) is 2. The van der Waals surface area contributed by atoms with Crippen LogP contribution in [0.25, 0.3) is 16.6 Å². The molecular weight excluding hydrogens is 632 g/mol. The van der Waals surface area contributed by atoms with Crippen molar-refractivity contribution in [3.8, 4) is 0 Å². The van der Waals surface area contributed by atoms with Crippen LogP contribution in [-0.4, -0.2) is 58.3 Å². The minimum absolute atomic E-state index is 0.0347. The molecule has 3 aromatic heterocycles. The first-order valence-corrected chi connectivity index (χ1v) is 17.2. The molecule has 2 N–H and O–H groups in total. The van der Waals surface area contributed by atoms with Crippen LogP contribution in [0.1, 0.15) is 38.8 Å². The zero-order valence-corrected chi connectivity index (χ0v) is 28.0. The molecule has 6 rings (SSSR count). The Bertz CT molecular complexity index is 2160. The van der Waals surface area contributed by atoms with Crippen LogP contribution in [0.3, 0.4) is 0 Å². The van der Waals surface area contributed by atoms with Crippen molar-refractivity contribution in [3.05, 3.63) is 107 Å². The Labute approximate surface area is 278 Å². The van der Waals surface area contributed by atoms with Crippen molar-refractivity contribution < 1.29 is 12.8 Å². The second-order valence-corrected chi connectivity index (χ2v) is 14.4. The van der Waals surface area contributed by atoms with Crippen LogP contribution in [0.2, 0.25) is 0 Å². The molecule has 1 saturated heterocycles. The molecule has 0 aliphatic carbocycles. The Balaban J connectivity index is 1.41. The van der Waals surface area contributed by atoms with Crippen LogP contribution in [-0.2, 0) is 16.4 Å². The smallest absolute Gasteiger partial charge is 0.260 e. The maximum Gasteiger partial charge on any atom is 0.260 e. The van der Waals surface area contributed by atoms with Gasteiger partial charge in [-0.3, -0.25) is 9.36 Å². The number of benzene rings is 2. The first-order valence-electron chi connectivity index (χ1n) is 15.7. The van der Waals surface area contributed by atoms with E-state index in [0.29, 0.717) is 41.0 Å². The fourth-order valence-electron chi connectivity index (χ4n) is 5.99. The average molecular weight is 669 g/mol. The van der Waals surface area contributed by atoms with Gasteiger partial charge in [-0.05, 0) is 61.7 Å². The topological polar surface area (TPSA) is 135 Å². The highest BCUT2D eigenvalue weighted by Gasteiger charge is 2.25. The van der Waals surface area contributed by atoms with Gasteiger partial charge >= 0.3 is 0 Å². The molecule has 0 spiro atoms. The molecular formula is C35H37FN8O3S. The molecule has 4 heterocycles. The lowest BCUT2D eigenvalue weighted by Crippen LogP contribution is -2.54. The molecule has 0 radical (unpaired) electrons. The van der Waals surface area contributed by atoms with Crippen LogP contribution in [0.5, 0.6) is 0 Å². The molecule has 0 amide bonds. The molecule has 5 aromatic rings. The van der Waals surface area contributed by atoms with E-state index in [1.165, 1.54) is 35.2 Å². The molecule has 0 bridgehead atoms. The zero-order chi connectivity index (χ0) is 34.2. The summed E-state index contributed by atoms with van der Waals surface area (Å²) in [5.41, 5.74) is 2.03. The molecule has 1 fully saturated rings. The van der Waals surface area contributed by atoms with Gasteiger partial charge in [0.1, 0.15) is 11.5 Å². The van der Waals surface area contributed by atoms with Crippen LogP contribution in [0, 0.1) is 11.7 Å². The van der Waals surface area contributed by atoms with Crippen LogP contribution < -0.4 is 21.1 Å². The van der Waals surface area contributed by atoms with E-state index in [4.69, 9.17) is 0 Å². The first-order chi connectivity index (χ1) is 22.9. The van der Waals surface area contributed by atoms with E-state index in [2.05, 4.69) is 51.2 Å². The summed E-state index contributed by atoms with van der Waals surface area (Å²) in [5.74, 6) is -0.284. The number of nitrogens with zero attached hydrogens (tertiary/aromatic N) is 6. The summed E-state index contributed by atoms with van der Waals surface area (Å²) < 4.78 is 44.1. The maximum absolute atomic E-state index is 15.4. The van der Waals surface area contributed by atoms with Crippen molar-refractivity contribution in [2.75, 3.05) is 23.3 Å². The number of allylic oxidation sites excluding steroid dienone is 1. The number of piperazine rings is 1. The van der Waals surface area contributed by atoms with Gasteiger partial charge < -0.3 is 15.5 Å². The van der Waals surface area contributed by atoms with E-state index in [0.717, 1.165) is 0 Å². The van der Waals surface area contributed by atoms with Gasteiger partial charge in [0.05, 0.1) is 34.4 Å². The molecule has 248 valence electrons. The summed E-state index contributed by atoms with van der Waals surface area (Å²) in [6, 6.07) is 15.0. The maximum atomic E-state index is 15.4. The number of rotatable bonds is 9.